The molecule has 212 valence electrons. The number of hydrogen-bond acceptors (Lipinski definition) is 8. The molecule has 14 heteroatoms. The lowest BCUT2D eigenvalue weighted by molar-refractivity contribution is -0.134. The number of hydrogen-bond donors (Lipinski definition) is 4. The number of aryl methyl sites for hydroxylation is 1. The third-order valence-electron chi connectivity index (χ3n) is 5.86. The minimum atomic E-state index is -2.69. The molecule has 0 bridgehead atoms. The van der Waals surface area contributed by atoms with Crippen LogP contribution in [0, 0.1) is 6.92 Å². The van der Waals surface area contributed by atoms with Crippen molar-refractivity contribution in [2.24, 2.45) is 5.73 Å². The van der Waals surface area contributed by atoms with Crippen LogP contribution in [0.25, 0.3) is 0 Å². The zero-order valence-corrected chi connectivity index (χ0v) is 22.0. The highest BCUT2D eigenvalue weighted by Gasteiger charge is 2.47. The van der Waals surface area contributed by atoms with Crippen LogP contribution in [0.1, 0.15) is 47.6 Å². The molecule has 1 aliphatic carbocycles. The minimum absolute atomic E-state index is 0.0537. The molecule has 5 N–H and O–H groups in total. The van der Waals surface area contributed by atoms with Crippen LogP contribution in [-0.2, 0) is 17.8 Å². The Morgan fingerprint density at radius 1 is 1.26 bits per heavy atom. The molecule has 0 spiro atoms. The molecule has 0 aliphatic heterocycles. The van der Waals surface area contributed by atoms with E-state index in [4.69, 9.17) is 10.5 Å². The third kappa shape index (κ3) is 9.30. The zero-order chi connectivity index (χ0) is 28.6. The predicted molar refractivity (Wildman–Crippen MR) is 136 cm³/mol. The van der Waals surface area contributed by atoms with Gasteiger partial charge in [-0.05, 0) is 31.9 Å². The van der Waals surface area contributed by atoms with Crippen LogP contribution in [0.5, 0.6) is 5.75 Å². The average molecular weight is 551 g/mol. The Morgan fingerprint density at radius 2 is 2.00 bits per heavy atom. The van der Waals surface area contributed by atoms with Gasteiger partial charge in [-0.2, -0.15) is 0 Å². The van der Waals surface area contributed by atoms with E-state index in [1.807, 2.05) is 0 Å². The van der Waals surface area contributed by atoms with Gasteiger partial charge in [-0.3, -0.25) is 14.6 Å². The number of carbonyl (C=O) groups excluding carboxylic acids is 2. The van der Waals surface area contributed by atoms with Crippen LogP contribution >= 0.6 is 0 Å². The highest BCUT2D eigenvalue weighted by atomic mass is 19.3. The molecule has 39 heavy (non-hydrogen) atoms. The molecule has 2 heterocycles. The molecule has 3 rings (SSSR count). The maximum atomic E-state index is 14.5. The fourth-order valence-corrected chi connectivity index (χ4v) is 3.86. The Kier molecular flexibility index (Phi) is 9.90. The van der Waals surface area contributed by atoms with Crippen molar-refractivity contribution in [2.45, 2.75) is 63.8 Å². The molecule has 1 aliphatic rings. The van der Waals surface area contributed by atoms with Crippen LogP contribution in [0.4, 0.5) is 13.2 Å². The number of halogens is 3. The molecule has 0 radical (unpaired) electrons. The quantitative estimate of drug-likeness (QED) is 0.276. The van der Waals surface area contributed by atoms with Gasteiger partial charge in [0.2, 0.25) is 5.91 Å². The van der Waals surface area contributed by atoms with Gasteiger partial charge in [-0.15, -0.1) is 5.10 Å². The van der Waals surface area contributed by atoms with E-state index < -0.39 is 30.0 Å². The van der Waals surface area contributed by atoms with Gasteiger partial charge >= 0.3 is 0 Å². The first-order valence-electron chi connectivity index (χ1n) is 12.4. The largest absolute Gasteiger partial charge is 0.490 e. The fraction of sp³-hybridized carbons (Fsp3) is 0.480. The summed E-state index contributed by atoms with van der Waals surface area (Å²) in [5, 5.41) is 15.4. The maximum Gasteiger partial charge on any atom is 0.273 e. The van der Waals surface area contributed by atoms with Crippen molar-refractivity contribution in [2.75, 3.05) is 14.1 Å². The number of aromatic nitrogens is 4. The number of ether oxygens (including phenoxy) is 1. The van der Waals surface area contributed by atoms with Crippen molar-refractivity contribution in [1.82, 2.24) is 35.9 Å². The lowest BCUT2D eigenvalue weighted by Crippen LogP contribution is -2.43. The van der Waals surface area contributed by atoms with Gasteiger partial charge in [0, 0.05) is 50.5 Å². The van der Waals surface area contributed by atoms with Crippen molar-refractivity contribution < 1.29 is 27.5 Å². The van der Waals surface area contributed by atoms with E-state index in [2.05, 4.69) is 31.2 Å². The highest BCUT2D eigenvalue weighted by molar-refractivity contribution is 5.91. The number of rotatable bonds is 13. The Bertz CT molecular complexity index is 1220. The molecule has 2 aromatic heterocycles. The molecule has 2 aromatic rings. The minimum Gasteiger partial charge on any atom is -0.490 e. The monoisotopic (exact) mass is 550 g/mol. The van der Waals surface area contributed by atoms with Crippen LogP contribution in [0.2, 0.25) is 0 Å². The maximum absolute atomic E-state index is 14.5. The van der Waals surface area contributed by atoms with Crippen LogP contribution in [-0.4, -0.2) is 64.1 Å². The van der Waals surface area contributed by atoms with Crippen molar-refractivity contribution in [3.63, 3.8) is 0 Å². The standard InChI is InChI=1S/C25H33F3N8O3/c1-15-8-19(39-20-11-25(27,28)12-20)9-18(32-15)10-23(37)33-22(29)7-6-17(30-2)5-4-16(26)13-36-14-21(34-35-36)24(38)31-3/h6-9,14,16,20,30H,4-5,10-13,29H2,1-3H3,(H,31,38)(H,33,37). The molecule has 11 nitrogen and oxygen atoms in total. The number of allylic oxidation sites excluding steroid dienone is 3. The van der Waals surface area contributed by atoms with Crippen molar-refractivity contribution in [1.29, 1.82) is 0 Å². The summed E-state index contributed by atoms with van der Waals surface area (Å²) in [5.41, 5.74) is 7.72. The van der Waals surface area contributed by atoms with Crippen molar-refractivity contribution >= 4 is 11.8 Å². The number of carbonyl (C=O) groups is 2. The van der Waals surface area contributed by atoms with E-state index >= 15 is 0 Å². The van der Waals surface area contributed by atoms with Gasteiger partial charge < -0.3 is 26.4 Å². The van der Waals surface area contributed by atoms with Crippen LogP contribution in [0.3, 0.4) is 0 Å². The summed E-state index contributed by atoms with van der Waals surface area (Å²) in [6.45, 7) is 1.67. The number of nitrogens with two attached hydrogens (primary N) is 1. The number of nitrogens with one attached hydrogen (secondary N) is 3. The Morgan fingerprint density at radius 3 is 2.67 bits per heavy atom. The Hall–Kier alpha value is -4.10. The number of alkyl halides is 3. The number of nitrogens with zero attached hydrogens (tertiary/aromatic N) is 4. The summed E-state index contributed by atoms with van der Waals surface area (Å²) in [5.74, 6) is -3.05. The van der Waals surface area contributed by atoms with Gasteiger partial charge in [0.25, 0.3) is 11.8 Å². The second-order valence-corrected chi connectivity index (χ2v) is 9.27. The SMILES string of the molecule is CNC(=O)c1cn(CC(F)CCC(=CC=C(N)NC(=O)Cc2cc(OC3CC(F)(F)C3)cc(C)n2)NC)nn1. The predicted octanol–water partition coefficient (Wildman–Crippen LogP) is 1.90. The molecule has 2 amide bonds. The zero-order valence-electron chi connectivity index (χ0n) is 22.0. The third-order valence-corrected chi connectivity index (χ3v) is 5.86. The van der Waals surface area contributed by atoms with Crippen molar-refractivity contribution in [3.05, 3.63) is 59.1 Å². The van der Waals surface area contributed by atoms with Crippen LogP contribution in [0.15, 0.2) is 42.0 Å². The lowest BCUT2D eigenvalue weighted by Gasteiger charge is -2.34. The Labute approximate surface area is 224 Å². The summed E-state index contributed by atoms with van der Waals surface area (Å²) >= 11 is 0. The molecule has 1 fully saturated rings. The smallest absolute Gasteiger partial charge is 0.273 e. The van der Waals surface area contributed by atoms with E-state index in [1.165, 1.54) is 24.0 Å². The van der Waals surface area contributed by atoms with E-state index in [9.17, 15) is 22.8 Å². The summed E-state index contributed by atoms with van der Waals surface area (Å²) in [7, 11) is 3.15. The topological polar surface area (TPSA) is 149 Å². The van der Waals surface area contributed by atoms with E-state index in [-0.39, 0.29) is 43.7 Å². The van der Waals surface area contributed by atoms with Gasteiger partial charge in [0.1, 0.15) is 23.8 Å². The van der Waals surface area contributed by atoms with Crippen LogP contribution < -0.4 is 26.4 Å². The first kappa shape index (κ1) is 29.5. The van der Waals surface area contributed by atoms with E-state index in [0.29, 0.717) is 29.3 Å². The molecular weight excluding hydrogens is 517 g/mol. The first-order valence-corrected chi connectivity index (χ1v) is 12.4. The van der Waals surface area contributed by atoms with Crippen molar-refractivity contribution in [3.8, 4) is 5.75 Å². The molecule has 0 aromatic carbocycles. The fourth-order valence-electron chi connectivity index (χ4n) is 3.86. The van der Waals surface area contributed by atoms with Gasteiger partial charge in [0.15, 0.2) is 5.69 Å². The number of pyridine rings is 1. The Balaban J connectivity index is 1.47. The molecular formula is C25H33F3N8O3. The summed E-state index contributed by atoms with van der Waals surface area (Å²) < 4.78 is 47.4. The normalized spacial score (nSPS) is 16.3. The second kappa shape index (κ2) is 13.1. The molecule has 1 atom stereocenters. The van der Waals surface area contributed by atoms with Gasteiger partial charge in [0.05, 0.1) is 24.9 Å². The summed E-state index contributed by atoms with van der Waals surface area (Å²) in [6, 6.07) is 3.18. The molecule has 0 saturated heterocycles. The second-order valence-electron chi connectivity index (χ2n) is 9.27. The van der Waals surface area contributed by atoms with Gasteiger partial charge in [-0.1, -0.05) is 5.21 Å². The van der Waals surface area contributed by atoms with E-state index in [0.717, 1.165) is 0 Å². The van der Waals surface area contributed by atoms with Gasteiger partial charge in [-0.25, -0.2) is 17.9 Å². The highest BCUT2D eigenvalue weighted by Crippen LogP contribution is 2.39. The number of amides is 2. The summed E-state index contributed by atoms with van der Waals surface area (Å²) in [6.07, 6.45) is 2.46. The molecule has 1 unspecified atom stereocenters. The van der Waals surface area contributed by atoms with E-state index in [1.54, 1.807) is 32.2 Å². The lowest BCUT2D eigenvalue weighted by atomic mass is 9.91. The first-order chi connectivity index (χ1) is 18.5. The molecule has 1 saturated carbocycles. The average Bonchev–Trinajstić information content (AvgIpc) is 3.30. The summed E-state index contributed by atoms with van der Waals surface area (Å²) in [4.78, 5) is 28.3.